The van der Waals surface area contributed by atoms with Crippen LogP contribution >= 0.6 is 23.2 Å². The standard InChI is InChI=1S/C12H15Cl2NO/c13-10-2-1-9(7-11(10)14)8-12(16)3-5-15-6-4-12/h1-2,7,15-16H,3-6,8H2. The first kappa shape index (κ1) is 12.2. The summed E-state index contributed by atoms with van der Waals surface area (Å²) in [5.74, 6) is 0. The number of halogens is 2. The second kappa shape index (κ2) is 4.92. The van der Waals surface area contributed by atoms with Crippen molar-refractivity contribution < 1.29 is 5.11 Å². The Morgan fingerprint density at radius 3 is 2.50 bits per heavy atom. The van der Waals surface area contributed by atoms with E-state index in [1.165, 1.54) is 0 Å². The van der Waals surface area contributed by atoms with E-state index in [2.05, 4.69) is 5.32 Å². The molecule has 1 fully saturated rings. The van der Waals surface area contributed by atoms with Crippen molar-refractivity contribution in [2.24, 2.45) is 0 Å². The molecule has 4 heteroatoms. The van der Waals surface area contributed by atoms with E-state index < -0.39 is 5.60 Å². The van der Waals surface area contributed by atoms with Gasteiger partial charge in [0.1, 0.15) is 0 Å². The summed E-state index contributed by atoms with van der Waals surface area (Å²) < 4.78 is 0. The Morgan fingerprint density at radius 2 is 1.88 bits per heavy atom. The van der Waals surface area contributed by atoms with E-state index in [0.29, 0.717) is 16.5 Å². The Kier molecular flexibility index (Phi) is 3.75. The number of nitrogens with one attached hydrogen (secondary N) is 1. The van der Waals surface area contributed by atoms with Crippen LogP contribution in [0.2, 0.25) is 10.0 Å². The molecule has 0 spiro atoms. The van der Waals surface area contributed by atoms with Crippen LogP contribution in [0.3, 0.4) is 0 Å². The van der Waals surface area contributed by atoms with Crippen molar-refractivity contribution in [2.45, 2.75) is 24.9 Å². The van der Waals surface area contributed by atoms with E-state index in [-0.39, 0.29) is 0 Å². The number of rotatable bonds is 2. The third-order valence-electron chi connectivity index (χ3n) is 3.05. The van der Waals surface area contributed by atoms with Crippen molar-refractivity contribution in [1.29, 1.82) is 0 Å². The first-order valence-electron chi connectivity index (χ1n) is 5.46. The third kappa shape index (κ3) is 2.89. The van der Waals surface area contributed by atoms with Gasteiger partial charge in [0.2, 0.25) is 0 Å². The quantitative estimate of drug-likeness (QED) is 0.856. The summed E-state index contributed by atoms with van der Waals surface area (Å²) in [5, 5.41) is 14.7. The fourth-order valence-electron chi connectivity index (χ4n) is 2.10. The highest BCUT2D eigenvalue weighted by Crippen LogP contribution is 2.27. The van der Waals surface area contributed by atoms with Crippen LogP contribution in [0.5, 0.6) is 0 Å². The van der Waals surface area contributed by atoms with Crippen LogP contribution in [0, 0.1) is 0 Å². The van der Waals surface area contributed by atoms with Gasteiger partial charge in [-0.2, -0.15) is 0 Å². The maximum Gasteiger partial charge on any atom is 0.0712 e. The Bertz CT molecular complexity index is 375. The topological polar surface area (TPSA) is 32.3 Å². The molecule has 2 N–H and O–H groups in total. The Balaban J connectivity index is 2.10. The van der Waals surface area contributed by atoms with Crippen LogP contribution in [-0.4, -0.2) is 23.8 Å². The molecule has 0 atom stereocenters. The van der Waals surface area contributed by atoms with E-state index in [4.69, 9.17) is 23.2 Å². The van der Waals surface area contributed by atoms with E-state index in [9.17, 15) is 5.11 Å². The van der Waals surface area contributed by atoms with Gasteiger partial charge in [0.25, 0.3) is 0 Å². The van der Waals surface area contributed by atoms with Gasteiger partial charge in [-0.3, -0.25) is 0 Å². The first-order chi connectivity index (χ1) is 7.59. The van der Waals surface area contributed by atoms with Gasteiger partial charge in [-0.15, -0.1) is 0 Å². The van der Waals surface area contributed by atoms with Crippen molar-refractivity contribution in [3.05, 3.63) is 33.8 Å². The summed E-state index contributed by atoms with van der Waals surface area (Å²) in [6, 6.07) is 5.54. The average Bonchev–Trinajstić information content (AvgIpc) is 2.24. The zero-order valence-electron chi connectivity index (χ0n) is 8.97. The van der Waals surface area contributed by atoms with Gasteiger partial charge in [0, 0.05) is 6.42 Å². The average molecular weight is 260 g/mol. The molecule has 1 aliphatic rings. The summed E-state index contributed by atoms with van der Waals surface area (Å²) in [7, 11) is 0. The molecule has 1 aliphatic heterocycles. The molecule has 88 valence electrons. The second-order valence-corrected chi connectivity index (χ2v) is 5.21. The lowest BCUT2D eigenvalue weighted by molar-refractivity contribution is 0.0109. The van der Waals surface area contributed by atoms with Crippen LogP contribution in [-0.2, 0) is 6.42 Å². The molecule has 1 saturated heterocycles. The highest BCUT2D eigenvalue weighted by atomic mass is 35.5. The van der Waals surface area contributed by atoms with Gasteiger partial charge in [-0.25, -0.2) is 0 Å². The van der Waals surface area contributed by atoms with Gasteiger partial charge in [0.05, 0.1) is 15.6 Å². The predicted molar refractivity (Wildman–Crippen MR) is 67.2 cm³/mol. The smallest absolute Gasteiger partial charge is 0.0712 e. The van der Waals surface area contributed by atoms with Gasteiger partial charge in [-0.1, -0.05) is 29.3 Å². The SMILES string of the molecule is OC1(Cc2ccc(Cl)c(Cl)c2)CCNCC1. The zero-order valence-corrected chi connectivity index (χ0v) is 10.5. The molecule has 1 aromatic carbocycles. The molecular weight excluding hydrogens is 245 g/mol. The fraction of sp³-hybridized carbons (Fsp3) is 0.500. The molecule has 0 bridgehead atoms. The number of benzene rings is 1. The Morgan fingerprint density at radius 1 is 1.19 bits per heavy atom. The third-order valence-corrected chi connectivity index (χ3v) is 3.79. The van der Waals surface area contributed by atoms with E-state index in [0.717, 1.165) is 31.5 Å². The normalized spacial score (nSPS) is 19.7. The number of piperidine rings is 1. The lowest BCUT2D eigenvalue weighted by Gasteiger charge is -2.32. The molecule has 2 nitrogen and oxygen atoms in total. The maximum atomic E-state index is 10.4. The van der Waals surface area contributed by atoms with E-state index in [1.54, 1.807) is 6.07 Å². The van der Waals surface area contributed by atoms with Crippen molar-refractivity contribution in [1.82, 2.24) is 5.32 Å². The van der Waals surface area contributed by atoms with Crippen LogP contribution in [0.25, 0.3) is 0 Å². The highest BCUT2D eigenvalue weighted by Gasteiger charge is 2.29. The molecule has 0 amide bonds. The molecule has 0 radical (unpaired) electrons. The van der Waals surface area contributed by atoms with E-state index >= 15 is 0 Å². The van der Waals surface area contributed by atoms with Crippen LogP contribution in [0.1, 0.15) is 18.4 Å². The van der Waals surface area contributed by atoms with Crippen LogP contribution in [0.4, 0.5) is 0 Å². The minimum atomic E-state index is -0.595. The van der Waals surface area contributed by atoms with Crippen LogP contribution < -0.4 is 5.32 Å². The van der Waals surface area contributed by atoms with Gasteiger partial charge in [-0.05, 0) is 43.6 Å². The van der Waals surface area contributed by atoms with Crippen molar-refractivity contribution >= 4 is 23.2 Å². The van der Waals surface area contributed by atoms with E-state index in [1.807, 2.05) is 12.1 Å². The molecule has 0 unspecified atom stereocenters. The number of aliphatic hydroxyl groups is 1. The molecule has 0 aliphatic carbocycles. The molecule has 0 aromatic heterocycles. The first-order valence-corrected chi connectivity index (χ1v) is 6.22. The monoisotopic (exact) mass is 259 g/mol. The molecule has 1 aromatic rings. The minimum Gasteiger partial charge on any atom is -0.389 e. The number of hydrogen-bond acceptors (Lipinski definition) is 2. The molecular formula is C12H15Cl2NO. The summed E-state index contributed by atoms with van der Waals surface area (Å²) >= 11 is 11.8. The fourth-order valence-corrected chi connectivity index (χ4v) is 2.42. The Labute approximate surface area is 106 Å². The molecule has 0 saturated carbocycles. The maximum absolute atomic E-state index is 10.4. The lowest BCUT2D eigenvalue weighted by Crippen LogP contribution is -2.43. The molecule has 1 heterocycles. The summed E-state index contributed by atoms with van der Waals surface area (Å²) in [5.41, 5.74) is 0.446. The predicted octanol–water partition coefficient (Wildman–Crippen LogP) is 2.65. The summed E-state index contributed by atoms with van der Waals surface area (Å²) in [6.07, 6.45) is 2.21. The Hall–Kier alpha value is -0.280. The second-order valence-electron chi connectivity index (χ2n) is 4.40. The van der Waals surface area contributed by atoms with Gasteiger partial charge >= 0.3 is 0 Å². The van der Waals surface area contributed by atoms with Gasteiger partial charge < -0.3 is 10.4 Å². The molecule has 2 rings (SSSR count). The van der Waals surface area contributed by atoms with Crippen LogP contribution in [0.15, 0.2) is 18.2 Å². The van der Waals surface area contributed by atoms with Crippen molar-refractivity contribution in [2.75, 3.05) is 13.1 Å². The van der Waals surface area contributed by atoms with Gasteiger partial charge in [0.15, 0.2) is 0 Å². The summed E-state index contributed by atoms with van der Waals surface area (Å²) in [4.78, 5) is 0. The summed E-state index contributed by atoms with van der Waals surface area (Å²) in [6.45, 7) is 1.75. The van der Waals surface area contributed by atoms with Crippen molar-refractivity contribution in [3.63, 3.8) is 0 Å². The number of hydrogen-bond donors (Lipinski definition) is 2. The largest absolute Gasteiger partial charge is 0.389 e. The molecule has 16 heavy (non-hydrogen) atoms. The zero-order chi connectivity index (χ0) is 11.6. The lowest BCUT2D eigenvalue weighted by atomic mass is 9.86. The van der Waals surface area contributed by atoms with Crippen molar-refractivity contribution in [3.8, 4) is 0 Å². The minimum absolute atomic E-state index is 0.553. The highest BCUT2D eigenvalue weighted by molar-refractivity contribution is 6.42.